The number of hydrogen-bond donors (Lipinski definition) is 2. The maximum absolute atomic E-state index is 12.5. The van der Waals surface area contributed by atoms with E-state index in [0.717, 1.165) is 16.7 Å². The molecule has 0 aliphatic heterocycles. The average Bonchev–Trinajstić information content (AvgIpc) is 3.10. The fourth-order valence-electron chi connectivity index (χ4n) is 1.58. The summed E-state index contributed by atoms with van der Waals surface area (Å²) in [5.74, 6) is 1.29. The maximum atomic E-state index is 12.5. The molecule has 0 aliphatic rings. The summed E-state index contributed by atoms with van der Waals surface area (Å²) in [4.78, 5) is 11.8. The highest BCUT2D eigenvalue weighted by molar-refractivity contribution is 7.09. The molecule has 2 N–H and O–H groups in total. The number of thiazole rings is 1. The number of hydrogen-bond acceptors (Lipinski definition) is 6. The molecule has 2 rings (SSSR count). The molecule has 0 bridgehead atoms. The number of aryl methyl sites for hydroxylation is 1. The van der Waals surface area contributed by atoms with Gasteiger partial charge in [-0.3, -0.25) is 0 Å². The van der Waals surface area contributed by atoms with Crippen LogP contribution in [-0.2, 0) is 19.3 Å². The SMILES string of the molecule is CCNC(=NCc1noc(C)n1)NCc1nc(C(F)(F)F)cs1. The van der Waals surface area contributed by atoms with Crippen LogP contribution in [-0.4, -0.2) is 27.6 Å². The summed E-state index contributed by atoms with van der Waals surface area (Å²) in [6.45, 7) is 4.48. The van der Waals surface area contributed by atoms with Crippen LogP contribution in [0.3, 0.4) is 0 Å². The molecule has 0 saturated carbocycles. The van der Waals surface area contributed by atoms with Gasteiger partial charge in [-0.1, -0.05) is 5.16 Å². The minimum absolute atomic E-state index is 0.137. The third-order valence-corrected chi connectivity index (χ3v) is 3.39. The van der Waals surface area contributed by atoms with E-state index in [1.807, 2.05) is 6.92 Å². The molecule has 0 spiro atoms. The zero-order valence-corrected chi connectivity index (χ0v) is 13.3. The Morgan fingerprint density at radius 1 is 1.35 bits per heavy atom. The smallest absolute Gasteiger partial charge is 0.357 e. The van der Waals surface area contributed by atoms with Crippen molar-refractivity contribution in [2.24, 2.45) is 4.99 Å². The van der Waals surface area contributed by atoms with Crippen molar-refractivity contribution in [3.63, 3.8) is 0 Å². The molecule has 23 heavy (non-hydrogen) atoms. The van der Waals surface area contributed by atoms with Crippen LogP contribution in [0.1, 0.15) is 29.3 Å². The lowest BCUT2D eigenvalue weighted by molar-refractivity contribution is -0.140. The molecule has 126 valence electrons. The minimum atomic E-state index is -4.43. The van der Waals surface area contributed by atoms with Crippen LogP contribution in [0.25, 0.3) is 0 Å². The molecule has 11 heteroatoms. The summed E-state index contributed by atoms with van der Waals surface area (Å²) in [7, 11) is 0. The first kappa shape index (κ1) is 17.2. The van der Waals surface area contributed by atoms with Gasteiger partial charge < -0.3 is 15.2 Å². The number of halogens is 3. The summed E-state index contributed by atoms with van der Waals surface area (Å²) in [5, 5.41) is 10.9. The molecule has 0 atom stereocenters. The van der Waals surface area contributed by atoms with Crippen LogP contribution in [0.2, 0.25) is 0 Å². The first-order valence-electron chi connectivity index (χ1n) is 6.71. The van der Waals surface area contributed by atoms with Gasteiger partial charge in [-0.15, -0.1) is 11.3 Å². The van der Waals surface area contributed by atoms with E-state index in [4.69, 9.17) is 4.52 Å². The fourth-order valence-corrected chi connectivity index (χ4v) is 2.32. The Kier molecular flexibility index (Phi) is 5.53. The van der Waals surface area contributed by atoms with Crippen molar-refractivity contribution in [2.75, 3.05) is 6.54 Å². The van der Waals surface area contributed by atoms with E-state index in [1.165, 1.54) is 0 Å². The molecule has 0 amide bonds. The third kappa shape index (κ3) is 5.20. The number of aromatic nitrogens is 3. The lowest BCUT2D eigenvalue weighted by Crippen LogP contribution is -2.36. The molecule has 0 saturated heterocycles. The normalized spacial score (nSPS) is 12.5. The van der Waals surface area contributed by atoms with E-state index in [1.54, 1.807) is 6.92 Å². The van der Waals surface area contributed by atoms with Crippen LogP contribution >= 0.6 is 11.3 Å². The van der Waals surface area contributed by atoms with E-state index in [9.17, 15) is 13.2 Å². The van der Waals surface area contributed by atoms with Gasteiger partial charge in [-0.05, 0) is 6.92 Å². The first-order valence-corrected chi connectivity index (χ1v) is 7.59. The van der Waals surface area contributed by atoms with Crippen molar-refractivity contribution in [3.05, 3.63) is 27.8 Å². The minimum Gasteiger partial charge on any atom is -0.357 e. The van der Waals surface area contributed by atoms with Crippen LogP contribution in [0.15, 0.2) is 14.9 Å². The summed E-state index contributed by atoms with van der Waals surface area (Å²) >= 11 is 0.938. The Morgan fingerprint density at radius 2 is 2.13 bits per heavy atom. The van der Waals surface area contributed by atoms with Crippen molar-refractivity contribution in [1.82, 2.24) is 25.8 Å². The lowest BCUT2D eigenvalue weighted by atomic mass is 10.5. The van der Waals surface area contributed by atoms with Gasteiger partial charge in [0, 0.05) is 18.8 Å². The monoisotopic (exact) mass is 348 g/mol. The average molecular weight is 348 g/mol. The van der Waals surface area contributed by atoms with Crippen LogP contribution in [0.4, 0.5) is 13.2 Å². The fraction of sp³-hybridized carbons (Fsp3) is 0.500. The quantitative estimate of drug-likeness (QED) is 0.636. The molecule has 7 nitrogen and oxygen atoms in total. The molecule has 2 aromatic rings. The summed E-state index contributed by atoms with van der Waals surface area (Å²) in [6.07, 6.45) is -4.43. The lowest BCUT2D eigenvalue weighted by Gasteiger charge is -2.09. The van der Waals surface area contributed by atoms with Crippen molar-refractivity contribution in [3.8, 4) is 0 Å². The van der Waals surface area contributed by atoms with E-state index >= 15 is 0 Å². The number of guanidine groups is 1. The van der Waals surface area contributed by atoms with Crippen molar-refractivity contribution >= 4 is 17.3 Å². The summed E-state index contributed by atoms with van der Waals surface area (Å²) < 4.78 is 42.3. The Hall–Kier alpha value is -2.17. The van der Waals surface area contributed by atoms with Gasteiger partial charge in [0.2, 0.25) is 5.89 Å². The third-order valence-electron chi connectivity index (χ3n) is 2.54. The highest BCUT2D eigenvalue weighted by atomic mass is 32.1. The van der Waals surface area contributed by atoms with Crippen molar-refractivity contribution in [1.29, 1.82) is 0 Å². The Balaban J connectivity index is 1.95. The first-order chi connectivity index (χ1) is 10.9. The molecule has 0 fully saturated rings. The summed E-state index contributed by atoms with van der Waals surface area (Å²) in [6, 6.07) is 0. The second-order valence-corrected chi connectivity index (χ2v) is 5.35. The molecule has 0 aliphatic carbocycles. The Labute approximate surface area is 134 Å². The number of alkyl halides is 3. The molecular formula is C12H15F3N6OS. The van der Waals surface area contributed by atoms with E-state index < -0.39 is 11.9 Å². The number of nitrogens with zero attached hydrogens (tertiary/aromatic N) is 4. The van der Waals surface area contributed by atoms with Gasteiger partial charge in [-0.2, -0.15) is 18.2 Å². The van der Waals surface area contributed by atoms with Crippen molar-refractivity contribution in [2.45, 2.75) is 33.1 Å². The van der Waals surface area contributed by atoms with E-state index in [-0.39, 0.29) is 13.1 Å². The predicted molar refractivity (Wildman–Crippen MR) is 77.8 cm³/mol. The molecule has 0 aromatic carbocycles. The van der Waals surface area contributed by atoms with E-state index in [2.05, 4.69) is 30.8 Å². The zero-order chi connectivity index (χ0) is 16.9. The molecule has 0 unspecified atom stereocenters. The molecule has 0 radical (unpaired) electrons. The van der Waals surface area contributed by atoms with Gasteiger partial charge in [0.05, 0.1) is 6.54 Å². The van der Waals surface area contributed by atoms with Crippen LogP contribution in [0, 0.1) is 6.92 Å². The van der Waals surface area contributed by atoms with Gasteiger partial charge in [0.1, 0.15) is 11.6 Å². The predicted octanol–water partition coefficient (Wildman–Crippen LogP) is 2.11. The Bertz CT molecular complexity index is 666. The Morgan fingerprint density at radius 3 is 2.70 bits per heavy atom. The van der Waals surface area contributed by atoms with Gasteiger partial charge in [0.25, 0.3) is 0 Å². The summed E-state index contributed by atoms with van der Waals surface area (Å²) in [5.41, 5.74) is -0.886. The second-order valence-electron chi connectivity index (χ2n) is 4.40. The van der Waals surface area contributed by atoms with Gasteiger partial charge in [0.15, 0.2) is 17.5 Å². The maximum Gasteiger partial charge on any atom is 0.434 e. The topological polar surface area (TPSA) is 88.2 Å². The highest BCUT2D eigenvalue weighted by Crippen LogP contribution is 2.29. The number of rotatable bonds is 5. The molecular weight excluding hydrogens is 333 g/mol. The van der Waals surface area contributed by atoms with E-state index in [0.29, 0.717) is 29.2 Å². The standard InChI is InChI=1S/C12H15F3N6OS/c1-3-16-11(17-4-9-19-7(2)22-21-9)18-5-10-20-8(6-23-10)12(13,14)15/h6H,3-5H2,1-2H3,(H2,16,17,18). The molecule has 2 heterocycles. The van der Waals surface area contributed by atoms with Crippen LogP contribution < -0.4 is 10.6 Å². The highest BCUT2D eigenvalue weighted by Gasteiger charge is 2.33. The second kappa shape index (κ2) is 7.40. The van der Waals surface area contributed by atoms with Gasteiger partial charge in [-0.25, -0.2) is 9.98 Å². The molecule has 2 aromatic heterocycles. The van der Waals surface area contributed by atoms with Gasteiger partial charge >= 0.3 is 6.18 Å². The zero-order valence-electron chi connectivity index (χ0n) is 12.4. The largest absolute Gasteiger partial charge is 0.434 e. The number of nitrogens with one attached hydrogen (secondary N) is 2. The number of aliphatic imine (C=N–C) groups is 1. The van der Waals surface area contributed by atoms with Crippen molar-refractivity contribution < 1.29 is 17.7 Å². The van der Waals surface area contributed by atoms with Crippen LogP contribution in [0.5, 0.6) is 0 Å².